The van der Waals surface area contributed by atoms with Crippen molar-refractivity contribution in [2.45, 2.75) is 92.9 Å². The summed E-state index contributed by atoms with van der Waals surface area (Å²) in [6.45, 7) is 11.0. The molecule has 3 saturated heterocycles. The number of fused-ring (bicyclic) bond motifs is 2. The minimum Gasteiger partial charge on any atom is -0.458 e. The summed E-state index contributed by atoms with van der Waals surface area (Å²) in [5.74, 6) is -0.635. The number of esters is 1. The van der Waals surface area contributed by atoms with Crippen LogP contribution in [0, 0.1) is 17.8 Å². The summed E-state index contributed by atoms with van der Waals surface area (Å²) in [6, 6.07) is 0. The Kier molecular flexibility index (Phi) is 8.55. The first kappa shape index (κ1) is 29.7. The Labute approximate surface area is 230 Å². The number of carbonyl (C=O) groups excluding carboxylic acids is 1. The molecule has 224 valence electrons. The summed E-state index contributed by atoms with van der Waals surface area (Å²) in [6.07, 6.45) is -14.6. The molecule has 5 rings (SSSR count). The lowest BCUT2D eigenvalue weighted by molar-refractivity contribution is -0.361. The lowest BCUT2D eigenvalue weighted by Gasteiger charge is -2.46. The SMILES string of the molecule is C=C1C(=O)OC2CC(=C)C3CC(OC4OC(CO)C(OC5OC(CO)C(O)C(O)C5O)C(O)C4O)C(=C)C3CC12. The molecule has 15 atom stereocenters. The molecule has 13 nitrogen and oxygen atoms in total. The Hall–Kier alpha value is -1.75. The van der Waals surface area contributed by atoms with Crippen molar-refractivity contribution in [2.75, 3.05) is 13.2 Å². The number of carbonyl (C=O) groups is 1. The maximum absolute atomic E-state index is 12.1. The smallest absolute Gasteiger partial charge is 0.334 e. The summed E-state index contributed by atoms with van der Waals surface area (Å²) in [5, 5.41) is 71.5. The van der Waals surface area contributed by atoms with Gasteiger partial charge in [0.1, 0.15) is 54.9 Å². The zero-order valence-corrected chi connectivity index (χ0v) is 21.9. The van der Waals surface area contributed by atoms with Crippen LogP contribution in [0.15, 0.2) is 36.5 Å². The van der Waals surface area contributed by atoms with Crippen molar-refractivity contribution in [3.05, 3.63) is 36.5 Å². The third kappa shape index (κ3) is 5.07. The van der Waals surface area contributed by atoms with Crippen LogP contribution in [0.5, 0.6) is 0 Å². The number of hydrogen-bond donors (Lipinski definition) is 7. The van der Waals surface area contributed by atoms with Gasteiger partial charge in [0, 0.05) is 17.9 Å². The van der Waals surface area contributed by atoms with Crippen molar-refractivity contribution in [1.82, 2.24) is 0 Å². The van der Waals surface area contributed by atoms with E-state index in [1.54, 1.807) is 0 Å². The summed E-state index contributed by atoms with van der Waals surface area (Å²) in [5.41, 5.74) is 2.06. The Morgan fingerprint density at radius 1 is 0.750 bits per heavy atom. The van der Waals surface area contributed by atoms with Gasteiger partial charge in [-0.1, -0.05) is 25.3 Å². The van der Waals surface area contributed by atoms with E-state index in [-0.39, 0.29) is 23.9 Å². The van der Waals surface area contributed by atoms with E-state index >= 15 is 0 Å². The quantitative estimate of drug-likeness (QED) is 0.102. The van der Waals surface area contributed by atoms with Crippen LogP contribution in [0.1, 0.15) is 19.3 Å². The molecule has 7 N–H and O–H groups in total. The van der Waals surface area contributed by atoms with E-state index in [4.69, 9.17) is 23.7 Å². The minimum atomic E-state index is -1.76. The second-order valence-corrected chi connectivity index (χ2v) is 11.3. The highest BCUT2D eigenvalue weighted by Crippen LogP contribution is 2.52. The van der Waals surface area contributed by atoms with Gasteiger partial charge in [0.25, 0.3) is 0 Å². The van der Waals surface area contributed by atoms with Gasteiger partial charge in [-0.25, -0.2) is 4.79 Å². The monoisotopic (exact) mass is 570 g/mol. The lowest BCUT2D eigenvalue weighted by atomic mass is 9.83. The number of aliphatic hydroxyl groups excluding tert-OH is 7. The molecule has 2 aliphatic carbocycles. The summed E-state index contributed by atoms with van der Waals surface area (Å²) in [4.78, 5) is 12.1. The molecule has 13 heteroatoms. The van der Waals surface area contributed by atoms with E-state index in [0.717, 1.165) is 11.1 Å². The molecule has 15 unspecified atom stereocenters. The van der Waals surface area contributed by atoms with Crippen LogP contribution < -0.4 is 0 Å². The highest BCUT2D eigenvalue weighted by Gasteiger charge is 2.53. The van der Waals surface area contributed by atoms with Crippen LogP contribution in [0.4, 0.5) is 0 Å². The van der Waals surface area contributed by atoms with Crippen molar-refractivity contribution >= 4 is 5.97 Å². The van der Waals surface area contributed by atoms with Crippen molar-refractivity contribution in [1.29, 1.82) is 0 Å². The standard InChI is InChI=1S/C27H38O13/c1-9-4-16-14(11(3)25(35)36-16)5-13-10(2)15(6-12(9)13)37-26-23(34)21(32)24(18(8-29)39-26)40-27-22(33)20(31)19(30)17(7-28)38-27/h12-24,26-34H,1-8H2. The Balaban J connectivity index is 1.26. The second kappa shape index (κ2) is 11.5. The van der Waals surface area contributed by atoms with Gasteiger partial charge in [-0.05, 0) is 30.3 Å². The first-order valence-electron chi connectivity index (χ1n) is 13.5. The first-order chi connectivity index (χ1) is 19.0. The largest absolute Gasteiger partial charge is 0.458 e. The number of hydrogen-bond acceptors (Lipinski definition) is 13. The molecule has 0 spiro atoms. The molecule has 5 fully saturated rings. The molecular weight excluding hydrogens is 532 g/mol. The topological polar surface area (TPSA) is 205 Å². The van der Waals surface area contributed by atoms with Crippen LogP contribution in [0.2, 0.25) is 0 Å². The molecule has 0 radical (unpaired) electrons. The van der Waals surface area contributed by atoms with Crippen molar-refractivity contribution in [3.8, 4) is 0 Å². The van der Waals surface area contributed by atoms with E-state index in [1.807, 2.05) is 0 Å². The van der Waals surface area contributed by atoms with Gasteiger partial charge in [0.15, 0.2) is 12.6 Å². The highest BCUT2D eigenvalue weighted by atomic mass is 16.7. The Morgan fingerprint density at radius 3 is 2.05 bits per heavy atom. The summed E-state index contributed by atoms with van der Waals surface area (Å²) in [7, 11) is 0. The van der Waals surface area contributed by atoms with Crippen molar-refractivity contribution < 1.29 is 64.2 Å². The Morgan fingerprint density at radius 2 is 1.38 bits per heavy atom. The van der Waals surface area contributed by atoms with Crippen LogP contribution in [-0.2, 0) is 28.5 Å². The van der Waals surface area contributed by atoms with E-state index in [9.17, 15) is 40.5 Å². The zero-order chi connectivity index (χ0) is 29.0. The highest BCUT2D eigenvalue weighted by molar-refractivity contribution is 5.90. The van der Waals surface area contributed by atoms with Crippen molar-refractivity contribution in [2.24, 2.45) is 17.8 Å². The van der Waals surface area contributed by atoms with Gasteiger partial charge in [-0.3, -0.25) is 0 Å². The van der Waals surface area contributed by atoms with E-state index in [2.05, 4.69) is 19.7 Å². The van der Waals surface area contributed by atoms with Gasteiger partial charge < -0.3 is 59.4 Å². The molecule has 40 heavy (non-hydrogen) atoms. The fourth-order valence-electron chi connectivity index (χ4n) is 6.62. The van der Waals surface area contributed by atoms with Crippen molar-refractivity contribution in [3.63, 3.8) is 0 Å². The molecule has 5 aliphatic rings. The fourth-order valence-corrected chi connectivity index (χ4v) is 6.62. The molecule has 0 aromatic rings. The molecular formula is C27H38O13. The molecule has 0 amide bonds. The van der Waals surface area contributed by atoms with Gasteiger partial charge in [0.05, 0.1) is 19.3 Å². The van der Waals surface area contributed by atoms with E-state index < -0.39 is 86.7 Å². The van der Waals surface area contributed by atoms with Gasteiger partial charge in [-0.15, -0.1) is 0 Å². The van der Waals surface area contributed by atoms with Crippen LogP contribution in [0.3, 0.4) is 0 Å². The average Bonchev–Trinajstić information content (AvgIpc) is 3.33. The molecule has 2 saturated carbocycles. The predicted octanol–water partition coefficient (Wildman–Crippen LogP) is -2.36. The molecule has 3 heterocycles. The third-order valence-corrected chi connectivity index (χ3v) is 9.01. The lowest BCUT2D eigenvalue weighted by Crippen LogP contribution is -2.64. The zero-order valence-electron chi connectivity index (χ0n) is 21.9. The van der Waals surface area contributed by atoms with E-state index in [0.29, 0.717) is 24.8 Å². The maximum Gasteiger partial charge on any atom is 0.334 e. The van der Waals surface area contributed by atoms with Gasteiger partial charge in [-0.2, -0.15) is 0 Å². The summed E-state index contributed by atoms with van der Waals surface area (Å²) < 4.78 is 28.3. The maximum atomic E-state index is 12.1. The molecule has 0 aromatic carbocycles. The third-order valence-electron chi connectivity index (χ3n) is 9.01. The van der Waals surface area contributed by atoms with Crippen LogP contribution in [0.25, 0.3) is 0 Å². The normalized spacial score (nSPS) is 49.4. The van der Waals surface area contributed by atoms with Gasteiger partial charge in [0.2, 0.25) is 0 Å². The summed E-state index contributed by atoms with van der Waals surface area (Å²) >= 11 is 0. The van der Waals surface area contributed by atoms with E-state index in [1.165, 1.54) is 0 Å². The second-order valence-electron chi connectivity index (χ2n) is 11.3. The fraction of sp³-hybridized carbons (Fsp3) is 0.741. The first-order valence-corrected chi connectivity index (χ1v) is 13.5. The molecule has 3 aliphatic heterocycles. The number of ether oxygens (including phenoxy) is 5. The minimum absolute atomic E-state index is 0.00355. The molecule has 0 bridgehead atoms. The molecule has 0 aromatic heterocycles. The Bertz CT molecular complexity index is 1010. The predicted molar refractivity (Wildman–Crippen MR) is 133 cm³/mol. The van der Waals surface area contributed by atoms with Gasteiger partial charge >= 0.3 is 5.97 Å². The average molecular weight is 571 g/mol. The number of rotatable bonds is 6. The van der Waals surface area contributed by atoms with Crippen LogP contribution >= 0.6 is 0 Å². The number of aliphatic hydroxyl groups is 7. The van der Waals surface area contributed by atoms with Crippen LogP contribution in [-0.4, -0.2) is 129 Å².